The fraction of sp³-hybridized carbons (Fsp3) is 0.857. The van der Waals surface area contributed by atoms with Crippen molar-refractivity contribution in [3.63, 3.8) is 0 Å². The standard InChI is InChI=1S/C14H30N4O2.ClH/c1-11(17-19)13(3,4)15-9-7-8-10-16-14(5,6)12(2)18-20;/h15-16,19-20H,7-10H2,1-6H3;1H. The van der Waals surface area contributed by atoms with E-state index in [0.717, 1.165) is 25.9 Å². The molecule has 0 aliphatic carbocycles. The van der Waals surface area contributed by atoms with E-state index in [9.17, 15) is 0 Å². The molecule has 4 N–H and O–H groups in total. The van der Waals surface area contributed by atoms with Crippen LogP contribution in [0.5, 0.6) is 0 Å². The monoisotopic (exact) mass is 322 g/mol. The van der Waals surface area contributed by atoms with E-state index in [1.165, 1.54) is 0 Å². The lowest BCUT2D eigenvalue weighted by atomic mass is 9.99. The van der Waals surface area contributed by atoms with E-state index < -0.39 is 0 Å². The molecule has 0 aromatic carbocycles. The zero-order valence-corrected chi connectivity index (χ0v) is 14.8. The van der Waals surface area contributed by atoms with E-state index in [-0.39, 0.29) is 23.5 Å². The van der Waals surface area contributed by atoms with Gasteiger partial charge in [0.2, 0.25) is 0 Å². The Kier molecular flexibility index (Phi) is 10.7. The molecule has 0 saturated carbocycles. The first kappa shape index (κ1) is 22.4. The zero-order valence-electron chi connectivity index (χ0n) is 14.0. The summed E-state index contributed by atoms with van der Waals surface area (Å²) in [5.74, 6) is 0. The molecule has 0 aromatic heterocycles. The van der Waals surface area contributed by atoms with Gasteiger partial charge in [-0.25, -0.2) is 0 Å². The molecule has 0 unspecified atom stereocenters. The van der Waals surface area contributed by atoms with Crippen molar-refractivity contribution in [3.05, 3.63) is 0 Å². The van der Waals surface area contributed by atoms with Gasteiger partial charge >= 0.3 is 0 Å². The predicted molar refractivity (Wildman–Crippen MR) is 90.4 cm³/mol. The van der Waals surface area contributed by atoms with Crippen LogP contribution in [-0.2, 0) is 0 Å². The summed E-state index contributed by atoms with van der Waals surface area (Å²) < 4.78 is 0. The molecule has 6 nitrogen and oxygen atoms in total. The Bertz CT molecular complexity index is 321. The minimum absolute atomic E-state index is 0. The summed E-state index contributed by atoms with van der Waals surface area (Å²) in [5, 5.41) is 30.8. The van der Waals surface area contributed by atoms with Gasteiger partial charge in [0.15, 0.2) is 0 Å². The fourth-order valence-corrected chi connectivity index (χ4v) is 1.56. The molecular weight excluding hydrogens is 292 g/mol. The van der Waals surface area contributed by atoms with Gasteiger partial charge < -0.3 is 21.0 Å². The average Bonchev–Trinajstić information content (AvgIpc) is 2.40. The van der Waals surface area contributed by atoms with Crippen LogP contribution < -0.4 is 10.6 Å². The molecule has 0 aromatic rings. The SMILES string of the molecule is CC(=NO)C(C)(C)NCCCCNC(C)(C)C(C)=NO.Cl. The Labute approximate surface area is 134 Å². The van der Waals surface area contributed by atoms with Crippen LogP contribution >= 0.6 is 12.4 Å². The van der Waals surface area contributed by atoms with Gasteiger partial charge in [0.25, 0.3) is 0 Å². The number of nitrogens with zero attached hydrogens (tertiary/aromatic N) is 2. The van der Waals surface area contributed by atoms with E-state index in [1.54, 1.807) is 13.8 Å². The smallest absolute Gasteiger partial charge is 0.0734 e. The molecule has 0 heterocycles. The summed E-state index contributed by atoms with van der Waals surface area (Å²) in [6.07, 6.45) is 2.03. The van der Waals surface area contributed by atoms with Gasteiger partial charge in [-0.2, -0.15) is 0 Å². The number of nitrogens with one attached hydrogen (secondary N) is 2. The Morgan fingerprint density at radius 2 is 1.10 bits per heavy atom. The average molecular weight is 323 g/mol. The Balaban J connectivity index is 0. The molecule has 0 atom stereocenters. The Hall–Kier alpha value is -0.850. The molecule has 0 amide bonds. The molecule has 7 heteroatoms. The summed E-state index contributed by atoms with van der Waals surface area (Å²) in [5.41, 5.74) is 0.765. The number of rotatable bonds is 9. The van der Waals surface area contributed by atoms with Gasteiger partial charge in [-0.3, -0.25) is 0 Å². The van der Waals surface area contributed by atoms with E-state index >= 15 is 0 Å². The summed E-state index contributed by atoms with van der Waals surface area (Å²) in [7, 11) is 0. The number of unbranched alkanes of at least 4 members (excludes halogenated alkanes) is 1. The highest BCUT2D eigenvalue weighted by Crippen LogP contribution is 2.07. The first-order chi connectivity index (χ1) is 9.17. The second-order valence-corrected chi connectivity index (χ2v) is 6.18. The Morgan fingerprint density at radius 3 is 1.33 bits per heavy atom. The van der Waals surface area contributed by atoms with Gasteiger partial charge in [0.05, 0.1) is 22.5 Å². The topological polar surface area (TPSA) is 89.2 Å². The van der Waals surface area contributed by atoms with Crippen LogP contribution in [0, 0.1) is 0 Å². The van der Waals surface area contributed by atoms with Crippen LogP contribution in [0.25, 0.3) is 0 Å². The number of oxime groups is 2. The molecule has 0 rings (SSSR count). The number of hydrogen-bond acceptors (Lipinski definition) is 6. The molecule has 126 valence electrons. The second-order valence-electron chi connectivity index (χ2n) is 6.18. The minimum Gasteiger partial charge on any atom is -0.411 e. The molecule has 0 radical (unpaired) electrons. The third-order valence-corrected chi connectivity index (χ3v) is 3.85. The molecule has 0 bridgehead atoms. The minimum atomic E-state index is -0.290. The van der Waals surface area contributed by atoms with Gasteiger partial charge in [-0.05, 0) is 67.5 Å². The summed E-state index contributed by atoms with van der Waals surface area (Å²) in [6.45, 7) is 13.3. The zero-order chi connectivity index (χ0) is 15.8. The van der Waals surface area contributed by atoms with Gasteiger partial charge in [0.1, 0.15) is 0 Å². The van der Waals surface area contributed by atoms with Crippen LogP contribution in [0.2, 0.25) is 0 Å². The van der Waals surface area contributed by atoms with E-state index in [4.69, 9.17) is 10.4 Å². The van der Waals surface area contributed by atoms with Crippen molar-refractivity contribution in [3.8, 4) is 0 Å². The normalized spacial score (nSPS) is 14.0. The largest absolute Gasteiger partial charge is 0.411 e. The molecular formula is C14H31ClN4O2. The van der Waals surface area contributed by atoms with Gasteiger partial charge in [-0.1, -0.05) is 10.3 Å². The van der Waals surface area contributed by atoms with Crippen molar-refractivity contribution in [1.29, 1.82) is 0 Å². The summed E-state index contributed by atoms with van der Waals surface area (Å²) >= 11 is 0. The van der Waals surface area contributed by atoms with Crippen LogP contribution in [0.4, 0.5) is 0 Å². The van der Waals surface area contributed by atoms with Crippen LogP contribution in [0.15, 0.2) is 10.3 Å². The third-order valence-electron chi connectivity index (χ3n) is 3.85. The molecule has 0 aliphatic heterocycles. The van der Waals surface area contributed by atoms with Crippen molar-refractivity contribution < 1.29 is 10.4 Å². The highest BCUT2D eigenvalue weighted by Gasteiger charge is 2.22. The van der Waals surface area contributed by atoms with Crippen molar-refractivity contribution in [2.75, 3.05) is 13.1 Å². The van der Waals surface area contributed by atoms with Crippen molar-refractivity contribution >= 4 is 23.8 Å². The van der Waals surface area contributed by atoms with E-state index in [0.29, 0.717) is 11.4 Å². The quantitative estimate of drug-likeness (QED) is 0.227. The highest BCUT2D eigenvalue weighted by molar-refractivity contribution is 5.90. The van der Waals surface area contributed by atoms with Gasteiger partial charge in [0, 0.05) is 0 Å². The molecule has 0 spiro atoms. The third kappa shape index (κ3) is 8.24. The molecule has 0 fully saturated rings. The maximum Gasteiger partial charge on any atom is 0.0734 e. The fourth-order valence-electron chi connectivity index (χ4n) is 1.56. The first-order valence-corrected chi connectivity index (χ1v) is 7.05. The number of halogens is 1. The van der Waals surface area contributed by atoms with Crippen molar-refractivity contribution in [1.82, 2.24) is 10.6 Å². The van der Waals surface area contributed by atoms with Crippen molar-refractivity contribution in [2.24, 2.45) is 10.3 Å². The predicted octanol–water partition coefficient (Wildman–Crippen LogP) is 2.63. The first-order valence-electron chi connectivity index (χ1n) is 7.05. The summed E-state index contributed by atoms with van der Waals surface area (Å²) in [6, 6.07) is 0. The van der Waals surface area contributed by atoms with E-state index in [1.807, 2.05) is 27.7 Å². The second kappa shape index (κ2) is 9.97. The van der Waals surface area contributed by atoms with Crippen LogP contribution in [0.1, 0.15) is 54.4 Å². The summed E-state index contributed by atoms with van der Waals surface area (Å²) in [4.78, 5) is 0. The Morgan fingerprint density at radius 1 is 0.810 bits per heavy atom. The molecule has 0 aliphatic rings. The van der Waals surface area contributed by atoms with Crippen LogP contribution in [-0.4, -0.2) is 46.0 Å². The highest BCUT2D eigenvalue weighted by atomic mass is 35.5. The van der Waals surface area contributed by atoms with Gasteiger partial charge in [-0.15, -0.1) is 12.4 Å². The van der Waals surface area contributed by atoms with Crippen LogP contribution in [0.3, 0.4) is 0 Å². The lowest BCUT2D eigenvalue weighted by molar-refractivity contribution is 0.309. The molecule has 0 saturated heterocycles. The lowest BCUT2D eigenvalue weighted by Crippen LogP contribution is -2.47. The number of hydrogen-bond donors (Lipinski definition) is 4. The maximum atomic E-state index is 8.78. The maximum absolute atomic E-state index is 8.78. The lowest BCUT2D eigenvalue weighted by Gasteiger charge is -2.26. The van der Waals surface area contributed by atoms with E-state index in [2.05, 4.69) is 20.9 Å². The molecule has 21 heavy (non-hydrogen) atoms. The van der Waals surface area contributed by atoms with Crippen molar-refractivity contribution in [2.45, 2.75) is 65.5 Å².